The molecule has 1 aromatic carbocycles. The van der Waals surface area contributed by atoms with Gasteiger partial charge in [0, 0.05) is 19.2 Å². The van der Waals surface area contributed by atoms with Crippen LogP contribution in [0.3, 0.4) is 0 Å². The van der Waals surface area contributed by atoms with Gasteiger partial charge in [0.25, 0.3) is 0 Å². The highest BCUT2D eigenvalue weighted by atomic mass is 16.5. The van der Waals surface area contributed by atoms with E-state index in [-0.39, 0.29) is 6.10 Å². The molecule has 1 rings (SSSR count). The Balaban J connectivity index is 2.51. The number of phenolic OH excluding ortho intramolecular Hbond substituents is 1. The Kier molecular flexibility index (Phi) is 6.01. The third-order valence-electron chi connectivity index (χ3n) is 2.81. The molecule has 2 N–H and O–H groups in total. The fourth-order valence-corrected chi connectivity index (χ4v) is 1.86. The molecule has 0 aromatic heterocycles. The van der Waals surface area contributed by atoms with E-state index in [2.05, 4.69) is 19.2 Å². The summed E-state index contributed by atoms with van der Waals surface area (Å²) < 4.78 is 5.49. The molecule has 3 nitrogen and oxygen atoms in total. The number of hydrogen-bond donors (Lipinski definition) is 2. The molecule has 3 heteroatoms. The molecule has 0 radical (unpaired) electrons. The van der Waals surface area contributed by atoms with Gasteiger partial charge >= 0.3 is 0 Å². The Morgan fingerprint density at radius 1 is 1.24 bits per heavy atom. The molecule has 0 aliphatic rings. The molecule has 0 heterocycles. The van der Waals surface area contributed by atoms with Crippen LogP contribution < -0.4 is 5.32 Å². The lowest BCUT2D eigenvalue weighted by Crippen LogP contribution is -2.30. The molecule has 0 aliphatic carbocycles. The first-order valence-corrected chi connectivity index (χ1v) is 6.31. The standard InChI is InChI=1S/C14H23NO2/c1-4-14(15-10-11(3)17-5-2)12-6-8-13(16)9-7-12/h6-9,11,14-16H,4-5,10H2,1-3H3. The fourth-order valence-electron chi connectivity index (χ4n) is 1.86. The Hall–Kier alpha value is -1.06. The van der Waals surface area contributed by atoms with Crippen molar-refractivity contribution in [1.29, 1.82) is 0 Å². The fraction of sp³-hybridized carbons (Fsp3) is 0.571. The second-order valence-corrected chi connectivity index (χ2v) is 4.23. The van der Waals surface area contributed by atoms with Crippen LogP contribution in [0.25, 0.3) is 0 Å². The van der Waals surface area contributed by atoms with Crippen LogP contribution >= 0.6 is 0 Å². The Bertz CT molecular complexity index is 311. The average Bonchev–Trinajstić information content (AvgIpc) is 2.32. The highest BCUT2D eigenvalue weighted by Crippen LogP contribution is 2.19. The zero-order valence-corrected chi connectivity index (χ0v) is 10.9. The summed E-state index contributed by atoms with van der Waals surface area (Å²) in [7, 11) is 0. The predicted molar refractivity (Wildman–Crippen MR) is 70.2 cm³/mol. The lowest BCUT2D eigenvalue weighted by atomic mass is 10.0. The largest absolute Gasteiger partial charge is 0.508 e. The molecule has 0 aliphatic heterocycles. The van der Waals surface area contributed by atoms with Gasteiger partial charge in [-0.25, -0.2) is 0 Å². The van der Waals surface area contributed by atoms with E-state index < -0.39 is 0 Å². The van der Waals surface area contributed by atoms with Crippen LogP contribution in [0.4, 0.5) is 0 Å². The molecule has 0 saturated heterocycles. The Morgan fingerprint density at radius 3 is 2.41 bits per heavy atom. The van der Waals surface area contributed by atoms with Gasteiger partial charge < -0.3 is 15.2 Å². The van der Waals surface area contributed by atoms with Gasteiger partial charge in [-0.3, -0.25) is 0 Å². The summed E-state index contributed by atoms with van der Waals surface area (Å²) >= 11 is 0. The summed E-state index contributed by atoms with van der Waals surface area (Å²) in [4.78, 5) is 0. The van der Waals surface area contributed by atoms with Crippen molar-refractivity contribution in [3.8, 4) is 5.75 Å². The minimum atomic E-state index is 0.228. The topological polar surface area (TPSA) is 41.5 Å². The molecular formula is C14H23NO2. The lowest BCUT2D eigenvalue weighted by molar-refractivity contribution is 0.0738. The van der Waals surface area contributed by atoms with Gasteiger partial charge in [0.05, 0.1) is 6.10 Å². The van der Waals surface area contributed by atoms with E-state index >= 15 is 0 Å². The molecule has 0 fully saturated rings. The van der Waals surface area contributed by atoms with Crippen LogP contribution in [0.1, 0.15) is 38.8 Å². The second kappa shape index (κ2) is 7.30. The molecule has 0 amide bonds. The van der Waals surface area contributed by atoms with E-state index in [4.69, 9.17) is 4.74 Å². The maximum Gasteiger partial charge on any atom is 0.115 e. The van der Waals surface area contributed by atoms with Crippen LogP contribution in [0.2, 0.25) is 0 Å². The molecule has 0 bridgehead atoms. The van der Waals surface area contributed by atoms with Crippen LogP contribution in [-0.4, -0.2) is 24.4 Å². The van der Waals surface area contributed by atoms with Gasteiger partial charge in [0.1, 0.15) is 5.75 Å². The van der Waals surface area contributed by atoms with Crippen LogP contribution in [0.5, 0.6) is 5.75 Å². The smallest absolute Gasteiger partial charge is 0.115 e. The van der Waals surface area contributed by atoms with Gasteiger partial charge in [-0.2, -0.15) is 0 Å². The highest BCUT2D eigenvalue weighted by Gasteiger charge is 2.10. The summed E-state index contributed by atoms with van der Waals surface area (Å²) in [5, 5.41) is 12.7. The summed E-state index contributed by atoms with van der Waals surface area (Å²) in [6, 6.07) is 7.69. The van der Waals surface area contributed by atoms with Gasteiger partial charge in [0.15, 0.2) is 0 Å². The summed E-state index contributed by atoms with van der Waals surface area (Å²) in [5.74, 6) is 0.311. The van der Waals surface area contributed by atoms with E-state index in [1.54, 1.807) is 12.1 Å². The van der Waals surface area contributed by atoms with Crippen LogP contribution in [0.15, 0.2) is 24.3 Å². The van der Waals surface area contributed by atoms with Crippen molar-refractivity contribution in [1.82, 2.24) is 5.32 Å². The quantitative estimate of drug-likeness (QED) is 0.766. The Morgan fingerprint density at radius 2 is 1.88 bits per heavy atom. The lowest BCUT2D eigenvalue weighted by Gasteiger charge is -2.20. The van der Waals surface area contributed by atoms with Crippen molar-refractivity contribution in [2.45, 2.75) is 39.3 Å². The Labute approximate surface area is 104 Å². The van der Waals surface area contributed by atoms with E-state index in [0.717, 1.165) is 19.6 Å². The number of benzene rings is 1. The first-order valence-electron chi connectivity index (χ1n) is 6.31. The molecule has 96 valence electrons. The van der Waals surface area contributed by atoms with E-state index in [1.165, 1.54) is 5.56 Å². The van der Waals surface area contributed by atoms with Crippen molar-refractivity contribution < 1.29 is 9.84 Å². The summed E-state index contributed by atoms with van der Waals surface area (Å²) in [6.45, 7) is 7.82. The van der Waals surface area contributed by atoms with Crippen molar-refractivity contribution in [3.05, 3.63) is 29.8 Å². The molecule has 17 heavy (non-hydrogen) atoms. The van der Waals surface area contributed by atoms with Crippen molar-refractivity contribution in [2.75, 3.05) is 13.2 Å². The number of nitrogens with one attached hydrogen (secondary N) is 1. The predicted octanol–water partition coefficient (Wildman–Crippen LogP) is 2.86. The van der Waals surface area contributed by atoms with Crippen LogP contribution in [0, 0.1) is 0 Å². The first kappa shape index (κ1) is 14.0. The number of ether oxygens (including phenoxy) is 1. The van der Waals surface area contributed by atoms with Gasteiger partial charge in [0.2, 0.25) is 0 Å². The normalized spacial score (nSPS) is 14.5. The van der Waals surface area contributed by atoms with Gasteiger partial charge in [-0.15, -0.1) is 0 Å². The summed E-state index contributed by atoms with van der Waals surface area (Å²) in [6.07, 6.45) is 1.25. The van der Waals surface area contributed by atoms with Crippen molar-refractivity contribution in [2.24, 2.45) is 0 Å². The van der Waals surface area contributed by atoms with E-state index in [0.29, 0.717) is 11.8 Å². The van der Waals surface area contributed by atoms with Crippen LogP contribution in [-0.2, 0) is 4.74 Å². The van der Waals surface area contributed by atoms with E-state index in [9.17, 15) is 5.11 Å². The summed E-state index contributed by atoms with van der Waals surface area (Å²) in [5.41, 5.74) is 1.20. The molecule has 0 spiro atoms. The number of hydrogen-bond acceptors (Lipinski definition) is 3. The molecule has 2 unspecified atom stereocenters. The SMILES string of the molecule is CCOC(C)CNC(CC)c1ccc(O)cc1. The minimum Gasteiger partial charge on any atom is -0.508 e. The molecule has 2 atom stereocenters. The van der Waals surface area contributed by atoms with Gasteiger partial charge in [-0.05, 0) is 38.0 Å². The zero-order valence-electron chi connectivity index (χ0n) is 10.9. The maximum atomic E-state index is 9.26. The van der Waals surface area contributed by atoms with E-state index in [1.807, 2.05) is 19.1 Å². The van der Waals surface area contributed by atoms with Crippen molar-refractivity contribution in [3.63, 3.8) is 0 Å². The van der Waals surface area contributed by atoms with Gasteiger partial charge in [-0.1, -0.05) is 19.1 Å². The monoisotopic (exact) mass is 237 g/mol. The minimum absolute atomic E-state index is 0.228. The number of aromatic hydroxyl groups is 1. The molecule has 0 saturated carbocycles. The average molecular weight is 237 g/mol. The highest BCUT2D eigenvalue weighted by molar-refractivity contribution is 5.27. The number of rotatable bonds is 7. The molecule has 1 aromatic rings. The third-order valence-corrected chi connectivity index (χ3v) is 2.81. The third kappa shape index (κ3) is 4.75. The molecular weight excluding hydrogens is 214 g/mol. The number of phenols is 1. The second-order valence-electron chi connectivity index (χ2n) is 4.23. The first-order chi connectivity index (χ1) is 8.17. The maximum absolute atomic E-state index is 9.26. The van der Waals surface area contributed by atoms with Crippen molar-refractivity contribution >= 4 is 0 Å². The zero-order chi connectivity index (χ0) is 12.7.